The molecule has 0 radical (unpaired) electrons. The van der Waals surface area contributed by atoms with Gasteiger partial charge in [0.15, 0.2) is 0 Å². The van der Waals surface area contributed by atoms with Crippen LogP contribution in [0, 0.1) is 0 Å². The zero-order valence-corrected chi connectivity index (χ0v) is 9.62. The second-order valence-corrected chi connectivity index (χ2v) is 4.50. The van der Waals surface area contributed by atoms with Gasteiger partial charge in [-0.25, -0.2) is 0 Å². The third-order valence-electron chi connectivity index (χ3n) is 2.14. The van der Waals surface area contributed by atoms with Gasteiger partial charge < -0.3 is 5.11 Å². The summed E-state index contributed by atoms with van der Waals surface area (Å²) < 4.78 is 30.6. The van der Waals surface area contributed by atoms with E-state index in [1.165, 1.54) is 12.1 Å². The molecule has 0 saturated heterocycles. The zero-order valence-electron chi connectivity index (χ0n) is 7.99. The molecule has 2 aromatic rings. The molecular formula is C10H9ClO4S. The maximum absolute atomic E-state index is 10.9. The van der Waals surface area contributed by atoms with Gasteiger partial charge in [0.25, 0.3) is 10.1 Å². The molecule has 0 spiro atoms. The largest absolute Gasteiger partial charge is 0.506 e. The maximum Gasteiger partial charge on any atom is 0.298 e. The Bertz CT molecular complexity index is 622. The van der Waals surface area contributed by atoms with E-state index < -0.39 is 20.8 Å². The third kappa shape index (κ3) is 2.11. The van der Waals surface area contributed by atoms with Crippen LogP contribution in [0.2, 0.25) is 0 Å². The van der Waals surface area contributed by atoms with Crippen molar-refractivity contribution < 1.29 is 18.1 Å². The summed E-state index contributed by atoms with van der Waals surface area (Å²) in [5, 5.41) is 10.8. The quantitative estimate of drug-likeness (QED) is 0.771. The van der Waals surface area contributed by atoms with Gasteiger partial charge in [-0.15, -0.1) is 12.4 Å². The monoisotopic (exact) mass is 260 g/mol. The second-order valence-electron chi connectivity index (χ2n) is 3.11. The first-order valence-electron chi connectivity index (χ1n) is 4.18. The highest BCUT2D eigenvalue weighted by Gasteiger charge is 2.16. The third-order valence-corrected chi connectivity index (χ3v) is 3.03. The van der Waals surface area contributed by atoms with Crippen LogP contribution in [0.1, 0.15) is 0 Å². The number of aromatic hydroxyl groups is 1. The van der Waals surface area contributed by atoms with Crippen molar-refractivity contribution in [2.75, 3.05) is 0 Å². The highest BCUT2D eigenvalue weighted by molar-refractivity contribution is 7.86. The Hall–Kier alpha value is -1.30. The molecule has 6 heteroatoms. The fraction of sp³-hybridized carbons (Fsp3) is 0. The number of hydrogen-bond donors (Lipinski definition) is 2. The number of phenols is 1. The van der Waals surface area contributed by atoms with Crippen LogP contribution in [0.25, 0.3) is 10.8 Å². The minimum Gasteiger partial charge on any atom is -0.506 e. The standard InChI is InChI=1S/C10H8O4S.ClH/c11-10-8-4-2-1-3-7(8)5-6-9(10)15(12,13)14;/h1-6,11H,(H,12,13,14);1H. The summed E-state index contributed by atoms with van der Waals surface area (Å²) in [6.45, 7) is 0. The lowest BCUT2D eigenvalue weighted by atomic mass is 10.1. The first kappa shape index (κ1) is 12.8. The normalized spacial score (nSPS) is 11.1. The summed E-state index contributed by atoms with van der Waals surface area (Å²) in [5.41, 5.74) is 0. The minimum absolute atomic E-state index is 0. The van der Waals surface area contributed by atoms with Crippen molar-refractivity contribution in [1.29, 1.82) is 0 Å². The molecule has 2 rings (SSSR count). The lowest BCUT2D eigenvalue weighted by Gasteiger charge is -2.04. The summed E-state index contributed by atoms with van der Waals surface area (Å²) >= 11 is 0. The Morgan fingerprint density at radius 1 is 1.00 bits per heavy atom. The van der Waals surface area contributed by atoms with E-state index in [0.717, 1.165) is 0 Å². The SMILES string of the molecule is Cl.O=S(=O)(O)c1ccc2ccccc2c1O. The molecule has 0 bridgehead atoms. The van der Waals surface area contributed by atoms with Crippen LogP contribution < -0.4 is 0 Å². The number of fused-ring (bicyclic) bond motifs is 1. The van der Waals surface area contributed by atoms with E-state index in [1.807, 2.05) is 0 Å². The Kier molecular flexibility index (Phi) is 3.42. The maximum atomic E-state index is 10.9. The summed E-state index contributed by atoms with van der Waals surface area (Å²) in [6.07, 6.45) is 0. The fourth-order valence-corrected chi connectivity index (χ4v) is 2.04. The smallest absolute Gasteiger partial charge is 0.298 e. The minimum atomic E-state index is -4.37. The van der Waals surface area contributed by atoms with Crippen molar-refractivity contribution >= 4 is 33.3 Å². The number of benzene rings is 2. The molecule has 0 heterocycles. The molecule has 0 amide bonds. The molecule has 86 valence electrons. The highest BCUT2D eigenvalue weighted by atomic mass is 35.5. The van der Waals surface area contributed by atoms with E-state index in [9.17, 15) is 13.5 Å². The average molecular weight is 261 g/mol. The van der Waals surface area contributed by atoms with Gasteiger partial charge in [-0.05, 0) is 11.5 Å². The molecule has 4 nitrogen and oxygen atoms in total. The van der Waals surface area contributed by atoms with Gasteiger partial charge in [0.2, 0.25) is 0 Å². The predicted octanol–water partition coefficient (Wildman–Crippen LogP) is 2.21. The highest BCUT2D eigenvalue weighted by Crippen LogP contribution is 2.31. The molecule has 16 heavy (non-hydrogen) atoms. The van der Waals surface area contributed by atoms with Gasteiger partial charge in [0.1, 0.15) is 10.6 Å². The van der Waals surface area contributed by atoms with Gasteiger partial charge in [-0.3, -0.25) is 4.55 Å². The van der Waals surface area contributed by atoms with Crippen LogP contribution >= 0.6 is 12.4 Å². The van der Waals surface area contributed by atoms with Crippen molar-refractivity contribution in [3.63, 3.8) is 0 Å². The van der Waals surface area contributed by atoms with Gasteiger partial charge in [-0.2, -0.15) is 8.42 Å². The number of halogens is 1. The summed E-state index contributed by atoms with van der Waals surface area (Å²) in [6, 6.07) is 9.47. The van der Waals surface area contributed by atoms with Gasteiger partial charge in [0, 0.05) is 5.39 Å². The van der Waals surface area contributed by atoms with Gasteiger partial charge in [-0.1, -0.05) is 30.3 Å². The summed E-state index contributed by atoms with van der Waals surface area (Å²) in [7, 11) is -4.37. The number of hydrogen-bond acceptors (Lipinski definition) is 3. The number of phenolic OH excluding ortho intramolecular Hbond substituents is 1. The Labute approximate surface area is 98.7 Å². The van der Waals surface area contributed by atoms with Crippen molar-refractivity contribution in [2.45, 2.75) is 4.90 Å². The molecule has 0 aliphatic rings. The molecule has 2 aromatic carbocycles. The van der Waals surface area contributed by atoms with E-state index in [0.29, 0.717) is 10.8 Å². The zero-order chi connectivity index (χ0) is 11.1. The van der Waals surface area contributed by atoms with Gasteiger partial charge in [0.05, 0.1) is 0 Å². The molecule has 0 aliphatic carbocycles. The molecule has 0 atom stereocenters. The number of rotatable bonds is 1. The molecule has 2 N–H and O–H groups in total. The van der Waals surface area contributed by atoms with Crippen molar-refractivity contribution in [3.05, 3.63) is 36.4 Å². The Morgan fingerprint density at radius 2 is 1.62 bits per heavy atom. The lowest BCUT2D eigenvalue weighted by molar-refractivity contribution is 0.448. The second kappa shape index (κ2) is 4.29. The van der Waals surface area contributed by atoms with Crippen LogP contribution in [0.4, 0.5) is 0 Å². The van der Waals surface area contributed by atoms with E-state index in [2.05, 4.69) is 0 Å². The van der Waals surface area contributed by atoms with Gasteiger partial charge >= 0.3 is 0 Å². The van der Waals surface area contributed by atoms with Crippen molar-refractivity contribution in [1.82, 2.24) is 0 Å². The van der Waals surface area contributed by atoms with E-state index in [4.69, 9.17) is 4.55 Å². The summed E-state index contributed by atoms with van der Waals surface area (Å²) in [4.78, 5) is -0.471. The topological polar surface area (TPSA) is 74.6 Å². The van der Waals surface area contributed by atoms with Crippen molar-refractivity contribution in [3.8, 4) is 5.75 Å². The van der Waals surface area contributed by atoms with E-state index >= 15 is 0 Å². The lowest BCUT2D eigenvalue weighted by Crippen LogP contribution is -1.98. The fourth-order valence-electron chi connectivity index (χ4n) is 1.44. The van der Waals surface area contributed by atoms with Crippen LogP contribution in [0.15, 0.2) is 41.3 Å². The molecule has 0 saturated carbocycles. The Balaban J connectivity index is 0.00000128. The predicted molar refractivity (Wildman–Crippen MR) is 62.7 cm³/mol. The van der Waals surface area contributed by atoms with Crippen molar-refractivity contribution in [2.24, 2.45) is 0 Å². The molecule has 0 unspecified atom stereocenters. The summed E-state index contributed by atoms with van der Waals surface area (Å²) in [5.74, 6) is -0.421. The van der Waals surface area contributed by atoms with E-state index in [1.54, 1.807) is 24.3 Å². The van der Waals surface area contributed by atoms with Crippen LogP contribution in [-0.4, -0.2) is 18.1 Å². The first-order valence-corrected chi connectivity index (χ1v) is 5.62. The molecule has 0 aromatic heterocycles. The average Bonchev–Trinajstić information content (AvgIpc) is 2.16. The van der Waals surface area contributed by atoms with Crippen LogP contribution in [-0.2, 0) is 10.1 Å². The van der Waals surface area contributed by atoms with E-state index in [-0.39, 0.29) is 12.4 Å². The first-order chi connectivity index (χ1) is 7.00. The Morgan fingerprint density at radius 3 is 2.25 bits per heavy atom. The molecular weight excluding hydrogens is 252 g/mol. The van der Waals surface area contributed by atoms with Crippen LogP contribution in [0.5, 0.6) is 5.75 Å². The molecule has 0 aliphatic heterocycles. The van der Waals surface area contributed by atoms with Crippen LogP contribution in [0.3, 0.4) is 0 Å². The molecule has 0 fully saturated rings.